The van der Waals surface area contributed by atoms with E-state index in [1.807, 2.05) is 0 Å². The molecule has 0 radical (unpaired) electrons. The van der Waals surface area contributed by atoms with Gasteiger partial charge in [-0.2, -0.15) is 5.26 Å². The van der Waals surface area contributed by atoms with Crippen LogP contribution in [0.25, 0.3) is 0 Å². The molecule has 0 aliphatic carbocycles. The zero-order chi connectivity index (χ0) is 25.4. The van der Waals surface area contributed by atoms with Crippen LogP contribution in [0.1, 0.15) is 47.8 Å². The van der Waals surface area contributed by atoms with Gasteiger partial charge < -0.3 is 13.6 Å². The topological polar surface area (TPSA) is 106 Å². The molecule has 1 aliphatic rings. The predicted molar refractivity (Wildman–Crippen MR) is 134 cm³/mol. The van der Waals surface area contributed by atoms with Crippen molar-refractivity contribution in [3.05, 3.63) is 44.8 Å². The third-order valence-corrected chi connectivity index (χ3v) is 16.2. The molecule has 0 aromatic carbocycles. The van der Waals surface area contributed by atoms with Crippen LogP contribution >= 0.6 is 0 Å². The average Bonchev–Trinajstić information content (AvgIpc) is 2.95. The van der Waals surface area contributed by atoms with Crippen LogP contribution < -0.4 is 11.2 Å². The van der Waals surface area contributed by atoms with Gasteiger partial charge in [-0.05, 0) is 36.3 Å². The normalized spacial score (nSPS) is 23.7. The summed E-state index contributed by atoms with van der Waals surface area (Å²) in [5, 5.41) is 9.47. The molecule has 3 unspecified atom stereocenters. The second-order valence-electron chi connectivity index (χ2n) is 11.7. The quantitative estimate of drug-likeness (QED) is 0.468. The van der Waals surface area contributed by atoms with Gasteiger partial charge in [-0.3, -0.25) is 14.3 Å². The van der Waals surface area contributed by atoms with Crippen molar-refractivity contribution >= 4 is 16.6 Å². The van der Waals surface area contributed by atoms with Crippen molar-refractivity contribution in [2.75, 3.05) is 6.61 Å². The summed E-state index contributed by atoms with van der Waals surface area (Å²) in [6, 6.07) is 3.40. The fourth-order valence-electron chi connectivity index (χ4n) is 3.01. The second-order valence-corrected chi connectivity index (χ2v) is 21.2. The summed E-state index contributed by atoms with van der Waals surface area (Å²) in [7, 11) is -4.39. The van der Waals surface area contributed by atoms with Crippen LogP contribution in [0, 0.1) is 11.3 Å². The molecule has 1 aliphatic heterocycles. The first-order valence-electron chi connectivity index (χ1n) is 11.3. The fourth-order valence-corrected chi connectivity index (χ4v) is 5.25. The van der Waals surface area contributed by atoms with E-state index in [0.29, 0.717) is 5.57 Å². The van der Waals surface area contributed by atoms with E-state index in [9.17, 15) is 14.9 Å². The number of ether oxygens (including phenoxy) is 1. The number of rotatable bonds is 6. The van der Waals surface area contributed by atoms with E-state index >= 15 is 0 Å². The molecule has 3 atom stereocenters. The van der Waals surface area contributed by atoms with Crippen molar-refractivity contribution < 1.29 is 13.6 Å². The Hall–Kier alpha value is -1.78. The summed E-state index contributed by atoms with van der Waals surface area (Å²) >= 11 is 0. The molecule has 184 valence electrons. The Morgan fingerprint density at radius 3 is 2.18 bits per heavy atom. The number of aromatic amines is 1. The number of allylic oxidation sites excluding steroid dienone is 1. The highest BCUT2D eigenvalue weighted by Crippen LogP contribution is 2.44. The van der Waals surface area contributed by atoms with Gasteiger partial charge in [0, 0.05) is 23.9 Å². The lowest BCUT2D eigenvalue weighted by atomic mass is 10.1. The van der Waals surface area contributed by atoms with Crippen molar-refractivity contribution in [1.82, 2.24) is 9.55 Å². The number of nitrogens with zero attached hydrogens (tertiary/aromatic N) is 2. The maximum Gasteiger partial charge on any atom is 0.330 e. The van der Waals surface area contributed by atoms with E-state index in [0.717, 1.165) is 0 Å². The summed E-state index contributed by atoms with van der Waals surface area (Å²) in [6.45, 7) is 21.7. The molecule has 1 aromatic rings. The van der Waals surface area contributed by atoms with Crippen molar-refractivity contribution in [1.29, 1.82) is 5.26 Å². The Labute approximate surface area is 198 Å². The van der Waals surface area contributed by atoms with E-state index in [-0.39, 0.29) is 16.7 Å². The number of hydrogen-bond donors (Lipinski definition) is 1. The molecule has 0 spiro atoms. The van der Waals surface area contributed by atoms with Gasteiger partial charge in [-0.1, -0.05) is 41.5 Å². The van der Waals surface area contributed by atoms with Gasteiger partial charge in [0.05, 0.1) is 12.7 Å². The molecule has 1 aromatic heterocycles. The maximum absolute atomic E-state index is 12.6. The Balaban J connectivity index is 2.52. The standard InChI is InChI=1S/C23H39N3O5Si2/c1-22(2,3)32(7,8)29-15-17-16(11-13-24)19(31-33(9,10)23(4,5)6)20(30-17)26-14-12-18(27)25-21(26)28/h11-12,14,17,19-20H,15H2,1-10H3,(H,25,27,28)/b16-11+. The van der Waals surface area contributed by atoms with Crippen LogP contribution in [0.4, 0.5) is 0 Å². The summed E-state index contributed by atoms with van der Waals surface area (Å²) in [5.74, 6) is 0. The molecule has 8 nitrogen and oxygen atoms in total. The Kier molecular flexibility index (Phi) is 7.88. The van der Waals surface area contributed by atoms with Gasteiger partial charge in [-0.25, -0.2) is 4.79 Å². The van der Waals surface area contributed by atoms with Gasteiger partial charge in [0.2, 0.25) is 0 Å². The molecule has 1 saturated heterocycles. The van der Waals surface area contributed by atoms with Gasteiger partial charge in [0.15, 0.2) is 22.9 Å². The Morgan fingerprint density at radius 2 is 1.70 bits per heavy atom. The highest BCUT2D eigenvalue weighted by atomic mass is 28.4. The summed E-state index contributed by atoms with van der Waals surface area (Å²) in [5.41, 5.74) is -0.413. The van der Waals surface area contributed by atoms with Crippen LogP contribution in [0.15, 0.2) is 33.5 Å². The van der Waals surface area contributed by atoms with E-state index in [1.165, 1.54) is 22.9 Å². The molecule has 0 amide bonds. The van der Waals surface area contributed by atoms with E-state index < -0.39 is 46.3 Å². The van der Waals surface area contributed by atoms with Gasteiger partial charge >= 0.3 is 5.69 Å². The van der Waals surface area contributed by atoms with Gasteiger partial charge in [-0.15, -0.1) is 0 Å². The lowest BCUT2D eigenvalue weighted by Gasteiger charge is -2.39. The minimum atomic E-state index is -2.31. The molecule has 33 heavy (non-hydrogen) atoms. The lowest BCUT2D eigenvalue weighted by molar-refractivity contribution is -0.0483. The average molecular weight is 494 g/mol. The first kappa shape index (κ1) is 27.5. The van der Waals surface area contributed by atoms with Crippen molar-refractivity contribution in [2.24, 2.45) is 0 Å². The fraction of sp³-hybridized carbons (Fsp3) is 0.696. The molecular formula is C23H39N3O5Si2. The molecule has 10 heteroatoms. The van der Waals surface area contributed by atoms with Crippen LogP contribution in [-0.4, -0.2) is 45.0 Å². The van der Waals surface area contributed by atoms with Crippen LogP contribution in [0.3, 0.4) is 0 Å². The monoisotopic (exact) mass is 493 g/mol. The Bertz CT molecular complexity index is 1040. The van der Waals surface area contributed by atoms with Crippen LogP contribution in [0.2, 0.25) is 36.3 Å². The van der Waals surface area contributed by atoms with Crippen molar-refractivity contribution in [3.63, 3.8) is 0 Å². The third kappa shape index (κ3) is 6.02. The lowest BCUT2D eigenvalue weighted by Crippen LogP contribution is -2.47. The number of aromatic nitrogens is 2. The van der Waals surface area contributed by atoms with E-state index in [2.05, 4.69) is 78.8 Å². The minimum Gasteiger partial charge on any atom is -0.414 e. The predicted octanol–water partition coefficient (Wildman–Crippen LogP) is 4.30. The summed E-state index contributed by atoms with van der Waals surface area (Å²) < 4.78 is 20.8. The number of nitriles is 1. The van der Waals surface area contributed by atoms with E-state index in [1.54, 1.807) is 0 Å². The van der Waals surface area contributed by atoms with E-state index in [4.69, 9.17) is 13.6 Å². The first-order chi connectivity index (χ1) is 14.9. The number of nitrogens with one attached hydrogen (secondary N) is 1. The largest absolute Gasteiger partial charge is 0.414 e. The van der Waals surface area contributed by atoms with Gasteiger partial charge in [0.1, 0.15) is 12.2 Å². The highest BCUT2D eigenvalue weighted by molar-refractivity contribution is 6.74. The van der Waals surface area contributed by atoms with Crippen molar-refractivity contribution in [2.45, 2.75) is 96.2 Å². The summed E-state index contributed by atoms with van der Waals surface area (Å²) in [6.07, 6.45) is 0.846. The molecule has 0 saturated carbocycles. The minimum absolute atomic E-state index is 0.0109. The van der Waals surface area contributed by atoms with Crippen LogP contribution in [0.5, 0.6) is 0 Å². The first-order valence-corrected chi connectivity index (χ1v) is 17.1. The second kappa shape index (κ2) is 9.46. The summed E-state index contributed by atoms with van der Waals surface area (Å²) in [4.78, 5) is 26.5. The van der Waals surface area contributed by atoms with Crippen molar-refractivity contribution in [3.8, 4) is 6.07 Å². The molecule has 1 fully saturated rings. The Morgan fingerprint density at radius 1 is 1.12 bits per heavy atom. The highest BCUT2D eigenvalue weighted by Gasteiger charge is 2.49. The zero-order valence-corrected chi connectivity index (χ0v) is 23.6. The molecule has 2 heterocycles. The molecular weight excluding hydrogens is 454 g/mol. The maximum atomic E-state index is 12.6. The number of H-pyrrole nitrogens is 1. The van der Waals surface area contributed by atoms with Crippen LogP contribution in [-0.2, 0) is 13.6 Å². The smallest absolute Gasteiger partial charge is 0.330 e. The number of hydrogen-bond acceptors (Lipinski definition) is 6. The SMILES string of the molecule is CC(C)(C)[Si](C)(C)OCC1OC(n2ccc(=O)[nH]c2=O)C(O[Si](C)(C)C(C)(C)C)/C1=C/C#N. The zero-order valence-electron chi connectivity index (χ0n) is 21.6. The third-order valence-electron chi connectivity index (χ3n) is 7.25. The molecule has 2 rings (SSSR count). The molecule has 0 bridgehead atoms. The molecule has 1 N–H and O–H groups in total. The van der Waals surface area contributed by atoms with Gasteiger partial charge in [0.25, 0.3) is 5.56 Å².